The summed E-state index contributed by atoms with van der Waals surface area (Å²) in [6.45, 7) is 4.13. The molecule has 1 amide bonds. The maximum absolute atomic E-state index is 12.4. The molecule has 0 spiro atoms. The number of carbonyl (C=O) groups excluding carboxylic acids is 1. The molecule has 0 aliphatic rings. The molecule has 2 aromatic carbocycles. The molecule has 0 radical (unpaired) electrons. The molecule has 0 aromatic heterocycles. The van der Waals surface area contributed by atoms with Crippen molar-refractivity contribution in [1.82, 2.24) is 0 Å². The Morgan fingerprint density at radius 2 is 1.86 bits per heavy atom. The Hall–Kier alpha value is -1.71. The Balaban J connectivity index is 2.35. The third-order valence-corrected chi connectivity index (χ3v) is 3.93. The minimum absolute atomic E-state index is 0.199. The predicted octanol–water partition coefficient (Wildman–Crippen LogP) is 4.95. The molecule has 2 aromatic rings. The van der Waals surface area contributed by atoms with Crippen molar-refractivity contribution >= 4 is 40.5 Å². The Bertz CT molecular complexity index is 684. The van der Waals surface area contributed by atoms with Gasteiger partial charge in [0.15, 0.2) is 0 Å². The van der Waals surface area contributed by atoms with Gasteiger partial charge in [0, 0.05) is 11.4 Å². The van der Waals surface area contributed by atoms with Crippen LogP contribution in [0.3, 0.4) is 0 Å². The molecule has 2 rings (SSSR count). The van der Waals surface area contributed by atoms with E-state index in [9.17, 15) is 4.79 Å². The maximum atomic E-state index is 12.4. The highest BCUT2D eigenvalue weighted by Crippen LogP contribution is 2.30. The lowest BCUT2D eigenvalue weighted by molar-refractivity contribution is 0.102. The second-order valence-electron chi connectivity index (χ2n) is 5.06. The van der Waals surface area contributed by atoms with Crippen molar-refractivity contribution in [3.05, 3.63) is 57.6 Å². The SMILES string of the molecule is CC(C)c1ccccc1NC(=O)c1cc(N)cc(Cl)c1Cl. The van der Waals surface area contributed by atoms with Gasteiger partial charge in [-0.2, -0.15) is 0 Å². The number of carbonyl (C=O) groups is 1. The molecule has 0 saturated carbocycles. The molecule has 0 bridgehead atoms. The van der Waals surface area contributed by atoms with Gasteiger partial charge in [-0.25, -0.2) is 0 Å². The lowest BCUT2D eigenvalue weighted by Gasteiger charge is -2.14. The summed E-state index contributed by atoms with van der Waals surface area (Å²) in [6.07, 6.45) is 0. The van der Waals surface area contributed by atoms with Crippen LogP contribution in [-0.2, 0) is 0 Å². The molecule has 0 heterocycles. The summed E-state index contributed by atoms with van der Waals surface area (Å²) in [5, 5.41) is 3.33. The highest BCUT2D eigenvalue weighted by molar-refractivity contribution is 6.44. The van der Waals surface area contributed by atoms with Crippen LogP contribution in [0.1, 0.15) is 35.7 Å². The van der Waals surface area contributed by atoms with E-state index in [4.69, 9.17) is 28.9 Å². The third kappa shape index (κ3) is 3.49. The van der Waals surface area contributed by atoms with Gasteiger partial charge in [0.2, 0.25) is 0 Å². The van der Waals surface area contributed by atoms with E-state index in [1.807, 2.05) is 24.3 Å². The van der Waals surface area contributed by atoms with Gasteiger partial charge in [-0.3, -0.25) is 4.79 Å². The zero-order chi connectivity index (χ0) is 15.6. The number of nitrogen functional groups attached to an aromatic ring is 1. The number of nitrogens with two attached hydrogens (primary N) is 1. The summed E-state index contributed by atoms with van der Waals surface area (Å²) in [5.41, 5.74) is 8.18. The largest absolute Gasteiger partial charge is 0.399 e. The van der Waals surface area contributed by atoms with E-state index in [-0.39, 0.29) is 21.5 Å². The molecule has 3 nitrogen and oxygen atoms in total. The minimum Gasteiger partial charge on any atom is -0.399 e. The van der Waals surface area contributed by atoms with Crippen LogP contribution in [0.2, 0.25) is 10.0 Å². The topological polar surface area (TPSA) is 55.1 Å². The monoisotopic (exact) mass is 322 g/mol. The van der Waals surface area contributed by atoms with Crippen molar-refractivity contribution in [3.8, 4) is 0 Å². The summed E-state index contributed by atoms with van der Waals surface area (Å²) in [5.74, 6) is -0.0382. The van der Waals surface area contributed by atoms with Crippen molar-refractivity contribution in [2.45, 2.75) is 19.8 Å². The van der Waals surface area contributed by atoms with Gasteiger partial charge in [-0.15, -0.1) is 0 Å². The van der Waals surface area contributed by atoms with E-state index in [0.717, 1.165) is 11.3 Å². The Morgan fingerprint density at radius 3 is 2.52 bits per heavy atom. The number of amides is 1. The van der Waals surface area contributed by atoms with Crippen molar-refractivity contribution in [2.24, 2.45) is 0 Å². The zero-order valence-corrected chi connectivity index (χ0v) is 13.3. The average molecular weight is 323 g/mol. The first-order chi connectivity index (χ1) is 9.90. The summed E-state index contributed by atoms with van der Waals surface area (Å²) in [4.78, 5) is 12.4. The number of para-hydroxylation sites is 1. The minimum atomic E-state index is -0.331. The van der Waals surface area contributed by atoms with Crippen LogP contribution in [0.5, 0.6) is 0 Å². The highest BCUT2D eigenvalue weighted by Gasteiger charge is 2.16. The van der Waals surface area contributed by atoms with Crippen LogP contribution in [-0.4, -0.2) is 5.91 Å². The quantitative estimate of drug-likeness (QED) is 0.785. The highest BCUT2D eigenvalue weighted by atomic mass is 35.5. The van der Waals surface area contributed by atoms with Crippen LogP contribution in [0, 0.1) is 0 Å². The van der Waals surface area contributed by atoms with E-state index in [0.29, 0.717) is 11.6 Å². The predicted molar refractivity (Wildman–Crippen MR) is 89.4 cm³/mol. The normalized spacial score (nSPS) is 10.7. The number of halogens is 2. The molecule has 5 heteroatoms. The average Bonchev–Trinajstić information content (AvgIpc) is 2.43. The Morgan fingerprint density at radius 1 is 1.19 bits per heavy atom. The fraction of sp³-hybridized carbons (Fsp3) is 0.188. The van der Waals surface area contributed by atoms with E-state index in [1.165, 1.54) is 12.1 Å². The molecular weight excluding hydrogens is 307 g/mol. The van der Waals surface area contributed by atoms with E-state index < -0.39 is 0 Å². The smallest absolute Gasteiger partial charge is 0.257 e. The number of nitrogens with one attached hydrogen (secondary N) is 1. The Kier molecular flexibility index (Phi) is 4.76. The van der Waals surface area contributed by atoms with Crippen LogP contribution in [0.15, 0.2) is 36.4 Å². The van der Waals surface area contributed by atoms with Crippen LogP contribution in [0.25, 0.3) is 0 Å². The second-order valence-corrected chi connectivity index (χ2v) is 5.85. The van der Waals surface area contributed by atoms with E-state index >= 15 is 0 Å². The number of rotatable bonds is 3. The molecule has 0 aliphatic heterocycles. The summed E-state index contributed by atoms with van der Waals surface area (Å²) in [6, 6.07) is 10.7. The second kappa shape index (κ2) is 6.37. The third-order valence-electron chi connectivity index (χ3n) is 3.13. The van der Waals surface area contributed by atoms with Gasteiger partial charge in [-0.05, 0) is 29.7 Å². The molecule has 0 fully saturated rings. The number of benzene rings is 2. The first kappa shape index (κ1) is 15.7. The number of hydrogen-bond acceptors (Lipinski definition) is 2. The molecule has 110 valence electrons. The van der Waals surface area contributed by atoms with Crippen LogP contribution < -0.4 is 11.1 Å². The van der Waals surface area contributed by atoms with Gasteiger partial charge in [0.25, 0.3) is 5.91 Å². The van der Waals surface area contributed by atoms with Crippen molar-refractivity contribution in [1.29, 1.82) is 0 Å². The number of hydrogen-bond donors (Lipinski definition) is 2. The van der Waals surface area contributed by atoms with E-state index in [1.54, 1.807) is 0 Å². The summed E-state index contributed by atoms with van der Waals surface area (Å²) >= 11 is 12.0. The molecule has 0 aliphatic carbocycles. The fourth-order valence-corrected chi connectivity index (χ4v) is 2.50. The van der Waals surface area contributed by atoms with Crippen molar-refractivity contribution in [3.63, 3.8) is 0 Å². The maximum Gasteiger partial charge on any atom is 0.257 e. The first-order valence-electron chi connectivity index (χ1n) is 6.55. The van der Waals surface area contributed by atoms with Crippen molar-refractivity contribution < 1.29 is 4.79 Å². The number of anilines is 2. The molecular formula is C16H16Cl2N2O. The summed E-state index contributed by atoms with van der Waals surface area (Å²) in [7, 11) is 0. The Labute approximate surface area is 134 Å². The lowest BCUT2D eigenvalue weighted by atomic mass is 10.0. The van der Waals surface area contributed by atoms with Crippen molar-refractivity contribution in [2.75, 3.05) is 11.1 Å². The fourth-order valence-electron chi connectivity index (χ4n) is 2.08. The van der Waals surface area contributed by atoms with E-state index in [2.05, 4.69) is 19.2 Å². The van der Waals surface area contributed by atoms with Crippen LogP contribution in [0.4, 0.5) is 11.4 Å². The molecule has 0 atom stereocenters. The standard InChI is InChI=1S/C16H16Cl2N2O/c1-9(2)11-5-3-4-6-14(11)20-16(21)12-7-10(19)8-13(17)15(12)18/h3-9H,19H2,1-2H3,(H,20,21). The van der Waals surface area contributed by atoms with Gasteiger partial charge < -0.3 is 11.1 Å². The molecule has 21 heavy (non-hydrogen) atoms. The summed E-state index contributed by atoms with van der Waals surface area (Å²) < 4.78 is 0. The van der Waals surface area contributed by atoms with Gasteiger partial charge in [0.05, 0.1) is 15.6 Å². The van der Waals surface area contributed by atoms with Gasteiger partial charge in [-0.1, -0.05) is 55.2 Å². The van der Waals surface area contributed by atoms with Crippen LogP contribution >= 0.6 is 23.2 Å². The zero-order valence-electron chi connectivity index (χ0n) is 11.8. The molecule has 0 saturated heterocycles. The van der Waals surface area contributed by atoms with Gasteiger partial charge in [0.1, 0.15) is 0 Å². The lowest BCUT2D eigenvalue weighted by Crippen LogP contribution is -2.14. The van der Waals surface area contributed by atoms with Gasteiger partial charge >= 0.3 is 0 Å². The first-order valence-corrected chi connectivity index (χ1v) is 7.30. The molecule has 3 N–H and O–H groups in total. The molecule has 0 unspecified atom stereocenters.